The molecule has 3 aromatic rings. The molecule has 4 rings (SSSR count). The number of carbonyl (C=O) groups is 2. The molecule has 1 saturated carbocycles. The van der Waals surface area contributed by atoms with Crippen molar-refractivity contribution in [3.05, 3.63) is 75.7 Å². The zero-order valence-corrected chi connectivity index (χ0v) is 19.7. The van der Waals surface area contributed by atoms with Crippen LogP contribution in [-0.2, 0) is 23.1 Å². The third-order valence-corrected chi connectivity index (χ3v) is 7.13. The first-order valence-corrected chi connectivity index (χ1v) is 12.3. The van der Waals surface area contributed by atoms with Crippen molar-refractivity contribution in [2.24, 2.45) is 7.05 Å². The number of hydrogen-bond acceptors (Lipinski definition) is 3. The van der Waals surface area contributed by atoms with E-state index in [1.54, 1.807) is 40.5 Å². The molecule has 32 heavy (non-hydrogen) atoms. The standard InChI is InChI=1S/C25H28ClN3O2S/c1-28-15-5-10-22(28)24(25(31)27-19-7-3-2-4-8-19)29(20-13-11-18(26)12-14-20)23(30)17-21-9-6-16-32-21/h5-6,9-16,19,24H,2-4,7-8,17H2,1H3,(H,27,31). The molecule has 0 saturated heterocycles. The summed E-state index contributed by atoms with van der Waals surface area (Å²) in [6, 6.07) is 14.2. The van der Waals surface area contributed by atoms with Gasteiger partial charge < -0.3 is 9.88 Å². The highest BCUT2D eigenvalue weighted by atomic mass is 35.5. The Balaban J connectivity index is 1.72. The van der Waals surface area contributed by atoms with Gasteiger partial charge in [-0.15, -0.1) is 11.3 Å². The number of carbonyl (C=O) groups excluding carboxylic acids is 2. The molecule has 1 fully saturated rings. The van der Waals surface area contributed by atoms with Crippen LogP contribution in [0.3, 0.4) is 0 Å². The number of anilines is 1. The van der Waals surface area contributed by atoms with Crippen LogP contribution in [0.2, 0.25) is 5.02 Å². The minimum atomic E-state index is -0.773. The van der Waals surface area contributed by atoms with E-state index in [-0.39, 0.29) is 24.3 Å². The first-order chi connectivity index (χ1) is 15.5. The van der Waals surface area contributed by atoms with Gasteiger partial charge in [0.15, 0.2) is 6.04 Å². The third-order valence-electron chi connectivity index (χ3n) is 6.00. The number of nitrogens with one attached hydrogen (secondary N) is 1. The number of halogens is 1. The number of benzene rings is 1. The van der Waals surface area contributed by atoms with Gasteiger partial charge in [0, 0.05) is 34.9 Å². The summed E-state index contributed by atoms with van der Waals surface area (Å²) in [6.45, 7) is 0. The maximum absolute atomic E-state index is 13.7. The molecule has 0 bridgehead atoms. The lowest BCUT2D eigenvalue weighted by Gasteiger charge is -2.33. The van der Waals surface area contributed by atoms with Gasteiger partial charge >= 0.3 is 0 Å². The molecule has 168 valence electrons. The molecule has 0 aliphatic heterocycles. The molecule has 0 spiro atoms. The van der Waals surface area contributed by atoms with E-state index < -0.39 is 6.04 Å². The van der Waals surface area contributed by atoms with E-state index in [0.717, 1.165) is 36.3 Å². The van der Waals surface area contributed by atoms with E-state index in [1.807, 2.05) is 47.5 Å². The molecule has 1 atom stereocenters. The first-order valence-electron chi connectivity index (χ1n) is 11.0. The molecule has 7 heteroatoms. The fourth-order valence-electron chi connectivity index (χ4n) is 4.36. The Labute approximate surface area is 198 Å². The quantitative estimate of drug-likeness (QED) is 0.496. The SMILES string of the molecule is Cn1cccc1C(C(=O)NC1CCCCC1)N(C(=O)Cc1cccs1)c1ccc(Cl)cc1. The fourth-order valence-corrected chi connectivity index (χ4v) is 5.18. The Morgan fingerprint density at radius 2 is 1.88 bits per heavy atom. The van der Waals surface area contributed by atoms with Crippen molar-refractivity contribution in [3.63, 3.8) is 0 Å². The summed E-state index contributed by atoms with van der Waals surface area (Å²) in [5.41, 5.74) is 1.42. The van der Waals surface area contributed by atoms with Gasteiger partial charge in [-0.25, -0.2) is 0 Å². The molecule has 1 unspecified atom stereocenters. The molecule has 2 aromatic heterocycles. The highest BCUT2D eigenvalue weighted by molar-refractivity contribution is 7.10. The summed E-state index contributed by atoms with van der Waals surface area (Å²) < 4.78 is 1.91. The Hall–Kier alpha value is -2.57. The first kappa shape index (κ1) is 22.6. The van der Waals surface area contributed by atoms with Crippen LogP contribution in [-0.4, -0.2) is 22.4 Å². The highest BCUT2D eigenvalue weighted by Gasteiger charge is 2.35. The molecule has 2 heterocycles. The van der Waals surface area contributed by atoms with Crippen molar-refractivity contribution in [3.8, 4) is 0 Å². The normalized spacial score (nSPS) is 15.3. The Bertz CT molecular complexity index is 1040. The molecular weight excluding hydrogens is 442 g/mol. The maximum Gasteiger partial charge on any atom is 0.249 e. The number of amides is 2. The molecule has 5 nitrogen and oxygen atoms in total. The maximum atomic E-state index is 13.7. The van der Waals surface area contributed by atoms with Crippen molar-refractivity contribution >= 4 is 40.4 Å². The lowest BCUT2D eigenvalue weighted by molar-refractivity contribution is -0.127. The summed E-state index contributed by atoms with van der Waals surface area (Å²) in [6.07, 6.45) is 7.56. The fraction of sp³-hybridized carbons (Fsp3) is 0.360. The van der Waals surface area contributed by atoms with Crippen molar-refractivity contribution in [2.45, 2.75) is 50.6 Å². The Morgan fingerprint density at radius 3 is 2.50 bits per heavy atom. The molecular formula is C25H28ClN3O2S. The van der Waals surface area contributed by atoms with Gasteiger partial charge in [-0.3, -0.25) is 14.5 Å². The van der Waals surface area contributed by atoms with Crippen molar-refractivity contribution in [1.29, 1.82) is 0 Å². The van der Waals surface area contributed by atoms with Gasteiger partial charge in [-0.1, -0.05) is 36.9 Å². The smallest absolute Gasteiger partial charge is 0.249 e. The van der Waals surface area contributed by atoms with Gasteiger partial charge in [0.2, 0.25) is 11.8 Å². The summed E-state index contributed by atoms with van der Waals surface area (Å²) >= 11 is 7.66. The van der Waals surface area contributed by atoms with Gasteiger partial charge in [-0.2, -0.15) is 0 Å². The van der Waals surface area contributed by atoms with Crippen LogP contribution in [0.5, 0.6) is 0 Å². The number of thiophene rings is 1. The second-order valence-electron chi connectivity index (χ2n) is 8.29. The third kappa shape index (κ3) is 5.25. The van der Waals surface area contributed by atoms with E-state index in [9.17, 15) is 9.59 Å². The Morgan fingerprint density at radius 1 is 1.12 bits per heavy atom. The largest absolute Gasteiger partial charge is 0.352 e. The molecule has 2 amide bonds. The van der Waals surface area contributed by atoms with Gasteiger partial charge in [-0.05, 0) is 60.7 Å². The molecule has 0 radical (unpaired) electrons. The van der Waals surface area contributed by atoms with E-state index >= 15 is 0 Å². The minimum absolute atomic E-state index is 0.125. The number of aryl methyl sites for hydroxylation is 1. The second kappa shape index (κ2) is 10.4. The van der Waals surface area contributed by atoms with Crippen LogP contribution in [0.4, 0.5) is 5.69 Å². The highest BCUT2D eigenvalue weighted by Crippen LogP contribution is 2.31. The summed E-state index contributed by atoms with van der Waals surface area (Å²) in [5, 5.41) is 5.78. The topological polar surface area (TPSA) is 54.3 Å². The van der Waals surface area contributed by atoms with Crippen LogP contribution in [0, 0.1) is 0 Å². The van der Waals surface area contributed by atoms with Crippen LogP contribution in [0.25, 0.3) is 0 Å². The predicted octanol–water partition coefficient (Wildman–Crippen LogP) is 5.51. The van der Waals surface area contributed by atoms with Gasteiger partial charge in [0.05, 0.1) is 12.1 Å². The van der Waals surface area contributed by atoms with Crippen molar-refractivity contribution in [1.82, 2.24) is 9.88 Å². The van der Waals surface area contributed by atoms with Gasteiger partial charge in [0.25, 0.3) is 0 Å². The number of aromatic nitrogens is 1. The van der Waals surface area contributed by atoms with Gasteiger partial charge in [0.1, 0.15) is 0 Å². The average Bonchev–Trinajstić information content (AvgIpc) is 3.45. The van der Waals surface area contributed by atoms with E-state index in [4.69, 9.17) is 11.6 Å². The molecule has 1 aliphatic rings. The van der Waals surface area contributed by atoms with Crippen LogP contribution in [0.15, 0.2) is 60.1 Å². The van der Waals surface area contributed by atoms with Crippen LogP contribution in [0.1, 0.15) is 48.7 Å². The number of rotatable bonds is 7. The average molecular weight is 470 g/mol. The van der Waals surface area contributed by atoms with Crippen molar-refractivity contribution < 1.29 is 9.59 Å². The summed E-state index contributed by atoms with van der Waals surface area (Å²) in [4.78, 5) is 30.0. The minimum Gasteiger partial charge on any atom is -0.352 e. The van der Waals surface area contributed by atoms with Crippen molar-refractivity contribution in [2.75, 3.05) is 4.90 Å². The second-order valence-corrected chi connectivity index (χ2v) is 9.75. The number of nitrogens with zero attached hydrogens (tertiary/aromatic N) is 2. The zero-order valence-electron chi connectivity index (χ0n) is 18.2. The monoisotopic (exact) mass is 469 g/mol. The number of hydrogen-bond donors (Lipinski definition) is 1. The summed E-state index contributed by atoms with van der Waals surface area (Å²) in [7, 11) is 1.90. The van der Waals surface area contributed by atoms with Crippen LogP contribution >= 0.6 is 22.9 Å². The molecule has 1 N–H and O–H groups in total. The molecule has 1 aromatic carbocycles. The predicted molar refractivity (Wildman–Crippen MR) is 130 cm³/mol. The summed E-state index contributed by atoms with van der Waals surface area (Å²) in [5.74, 6) is -0.270. The lowest BCUT2D eigenvalue weighted by Crippen LogP contribution is -2.48. The Kier molecular flexibility index (Phi) is 7.33. The van der Waals surface area contributed by atoms with Crippen LogP contribution < -0.4 is 10.2 Å². The molecule has 1 aliphatic carbocycles. The van der Waals surface area contributed by atoms with E-state index in [2.05, 4.69) is 5.32 Å². The lowest BCUT2D eigenvalue weighted by atomic mass is 9.95. The van der Waals surface area contributed by atoms with E-state index in [0.29, 0.717) is 10.7 Å². The zero-order chi connectivity index (χ0) is 22.5. The van der Waals surface area contributed by atoms with E-state index in [1.165, 1.54) is 6.42 Å².